The first-order valence-corrected chi connectivity index (χ1v) is 15.2. The van der Waals surface area contributed by atoms with Gasteiger partial charge < -0.3 is 38.4 Å². The van der Waals surface area contributed by atoms with Crippen LogP contribution in [0, 0.1) is 0 Å². The zero-order chi connectivity index (χ0) is 32.5. The van der Waals surface area contributed by atoms with Crippen LogP contribution in [0.1, 0.15) is 50.1 Å². The predicted octanol–water partition coefficient (Wildman–Crippen LogP) is 5.51. The Morgan fingerprint density at radius 2 is 1.59 bits per heavy atom. The molecule has 5 rings (SSSR count). The topological polar surface area (TPSA) is 122 Å². The number of likely N-dealkylation sites (tertiary alicyclic amines) is 1. The molecule has 0 spiro atoms. The van der Waals surface area contributed by atoms with E-state index in [1.165, 1.54) is 7.11 Å². The summed E-state index contributed by atoms with van der Waals surface area (Å²) in [4.78, 5) is 27.2. The number of benzene rings is 3. The summed E-state index contributed by atoms with van der Waals surface area (Å²) in [6, 6.07) is 20.0. The van der Waals surface area contributed by atoms with E-state index in [4.69, 9.17) is 39.8 Å². The fourth-order valence-corrected chi connectivity index (χ4v) is 5.40. The van der Waals surface area contributed by atoms with Gasteiger partial charge in [0.25, 0.3) is 5.91 Å². The van der Waals surface area contributed by atoms with Crippen molar-refractivity contribution in [3.05, 3.63) is 99.9 Å². The number of rotatable bonds is 14. The maximum atomic E-state index is 13.3. The lowest BCUT2D eigenvalue weighted by atomic mass is 10.1. The molecule has 0 bridgehead atoms. The number of nitrogens with zero attached hydrogens (tertiary/aromatic N) is 2. The lowest BCUT2D eigenvalue weighted by molar-refractivity contribution is 0.0554. The zero-order valence-electron chi connectivity index (χ0n) is 25.9. The lowest BCUT2D eigenvalue weighted by Crippen LogP contribution is -2.34. The largest absolute Gasteiger partial charge is 0.497 e. The van der Waals surface area contributed by atoms with Crippen molar-refractivity contribution in [2.24, 2.45) is 0 Å². The van der Waals surface area contributed by atoms with E-state index in [0.717, 1.165) is 47.8 Å². The fourth-order valence-electron chi connectivity index (χ4n) is 5.10. The van der Waals surface area contributed by atoms with Gasteiger partial charge in [0, 0.05) is 31.6 Å². The first-order chi connectivity index (χ1) is 22.4. The van der Waals surface area contributed by atoms with Crippen LogP contribution in [0.15, 0.2) is 71.3 Å². The average molecular weight is 650 g/mol. The van der Waals surface area contributed by atoms with Gasteiger partial charge in [0.15, 0.2) is 11.5 Å². The minimum atomic E-state index is -0.555. The monoisotopic (exact) mass is 649 g/mol. The molecule has 46 heavy (non-hydrogen) atoms. The van der Waals surface area contributed by atoms with Gasteiger partial charge in [-0.05, 0) is 60.5 Å². The van der Waals surface area contributed by atoms with E-state index in [2.05, 4.69) is 15.4 Å². The van der Waals surface area contributed by atoms with Gasteiger partial charge in [-0.1, -0.05) is 41.0 Å². The molecule has 0 saturated carbocycles. The van der Waals surface area contributed by atoms with E-state index in [0.29, 0.717) is 18.8 Å². The van der Waals surface area contributed by atoms with Crippen LogP contribution >= 0.6 is 11.6 Å². The summed E-state index contributed by atoms with van der Waals surface area (Å²) in [6.07, 6.45) is 0.861. The summed E-state index contributed by atoms with van der Waals surface area (Å²) in [7, 11) is 4.52. The second-order valence-electron chi connectivity index (χ2n) is 10.7. The molecule has 2 heterocycles. The summed E-state index contributed by atoms with van der Waals surface area (Å²) in [5.74, 6) is 1.51. The van der Waals surface area contributed by atoms with Crippen molar-refractivity contribution in [2.45, 2.75) is 25.6 Å². The number of methoxy groups -OCH3 is 3. The second-order valence-corrected chi connectivity index (χ2v) is 11.1. The number of ether oxygens (including phenoxy) is 5. The number of carbonyl (C=O) groups excluding carboxylic acids is 2. The van der Waals surface area contributed by atoms with Crippen LogP contribution in [0.25, 0.3) is 0 Å². The van der Waals surface area contributed by atoms with Crippen molar-refractivity contribution in [1.29, 1.82) is 0 Å². The molecule has 1 amide bonds. The Labute approximate surface area is 272 Å². The van der Waals surface area contributed by atoms with Gasteiger partial charge in [-0.25, -0.2) is 4.79 Å². The van der Waals surface area contributed by atoms with Crippen LogP contribution in [-0.4, -0.2) is 69.4 Å². The first-order valence-electron chi connectivity index (χ1n) is 14.8. The highest BCUT2D eigenvalue weighted by Crippen LogP contribution is 2.39. The van der Waals surface area contributed by atoms with Crippen LogP contribution in [0.2, 0.25) is 5.02 Å². The summed E-state index contributed by atoms with van der Waals surface area (Å²) in [5, 5.41) is 7.16. The normalized spacial score (nSPS) is 14.5. The standard InChI is InChI=1S/C34H36ClN3O8/c1-41-25-8-4-22(5-9-25)20-44-29-13-12-27(31(35)32(29)45-21-23-6-10-26(42-2)11-7-23)33(39)36-15-17-38-16-14-24(19-38)28-18-30(46-37-28)34(40)43-3/h4-13,18,24H,14-17,19-21H2,1-3H3,(H,36,39)/t24-/m1/s1. The summed E-state index contributed by atoms with van der Waals surface area (Å²) in [6.45, 7) is 3.06. The molecular formula is C34H36ClN3O8. The summed E-state index contributed by atoms with van der Waals surface area (Å²) in [5.41, 5.74) is 2.82. The molecule has 242 valence electrons. The van der Waals surface area contributed by atoms with Crippen molar-refractivity contribution < 1.29 is 37.8 Å². The van der Waals surface area contributed by atoms with Gasteiger partial charge in [-0.2, -0.15) is 0 Å². The molecule has 12 heteroatoms. The van der Waals surface area contributed by atoms with Crippen LogP contribution in [-0.2, 0) is 18.0 Å². The van der Waals surface area contributed by atoms with Crippen molar-refractivity contribution in [1.82, 2.24) is 15.4 Å². The number of aromatic nitrogens is 1. The molecule has 1 saturated heterocycles. The lowest BCUT2D eigenvalue weighted by Gasteiger charge is -2.18. The van der Waals surface area contributed by atoms with Crippen LogP contribution in [0.4, 0.5) is 0 Å². The Morgan fingerprint density at radius 3 is 2.22 bits per heavy atom. The molecule has 1 N–H and O–H groups in total. The summed E-state index contributed by atoms with van der Waals surface area (Å²) < 4.78 is 32.5. The maximum absolute atomic E-state index is 13.3. The third-order valence-electron chi connectivity index (χ3n) is 7.72. The molecule has 3 aromatic carbocycles. The number of nitrogens with one attached hydrogen (secondary N) is 1. The van der Waals surface area contributed by atoms with Gasteiger partial charge in [-0.15, -0.1) is 0 Å². The van der Waals surface area contributed by atoms with Crippen molar-refractivity contribution in [3.63, 3.8) is 0 Å². The highest BCUT2D eigenvalue weighted by molar-refractivity contribution is 6.35. The van der Waals surface area contributed by atoms with E-state index in [9.17, 15) is 9.59 Å². The van der Waals surface area contributed by atoms with E-state index in [-0.39, 0.29) is 47.1 Å². The van der Waals surface area contributed by atoms with Crippen molar-refractivity contribution >= 4 is 23.5 Å². The van der Waals surface area contributed by atoms with E-state index >= 15 is 0 Å². The number of halogens is 1. The van der Waals surface area contributed by atoms with Crippen molar-refractivity contribution in [2.75, 3.05) is 47.5 Å². The van der Waals surface area contributed by atoms with E-state index in [1.54, 1.807) is 32.4 Å². The maximum Gasteiger partial charge on any atom is 0.376 e. The molecule has 1 aromatic heterocycles. The molecule has 4 aromatic rings. The van der Waals surface area contributed by atoms with E-state index < -0.39 is 5.97 Å². The van der Waals surface area contributed by atoms with Gasteiger partial charge in [-0.3, -0.25) is 4.79 Å². The molecule has 1 atom stereocenters. The molecule has 1 aliphatic heterocycles. The number of carbonyl (C=O) groups is 2. The molecule has 1 aliphatic rings. The fraction of sp³-hybridized carbons (Fsp3) is 0.324. The third kappa shape index (κ3) is 8.09. The van der Waals surface area contributed by atoms with Crippen LogP contribution in [0.3, 0.4) is 0 Å². The first kappa shape index (κ1) is 32.6. The van der Waals surface area contributed by atoms with Crippen LogP contribution < -0.4 is 24.3 Å². The van der Waals surface area contributed by atoms with E-state index in [1.807, 2.05) is 48.5 Å². The van der Waals surface area contributed by atoms with Gasteiger partial charge >= 0.3 is 5.97 Å². The molecule has 0 radical (unpaired) electrons. The highest BCUT2D eigenvalue weighted by atomic mass is 35.5. The Balaban J connectivity index is 1.22. The molecule has 0 aliphatic carbocycles. The summed E-state index contributed by atoms with van der Waals surface area (Å²) >= 11 is 6.81. The number of hydrogen-bond acceptors (Lipinski definition) is 10. The number of esters is 1. The van der Waals surface area contributed by atoms with Crippen LogP contribution in [0.5, 0.6) is 23.0 Å². The number of amides is 1. The smallest absolute Gasteiger partial charge is 0.376 e. The number of hydrogen-bond donors (Lipinski definition) is 1. The zero-order valence-corrected chi connectivity index (χ0v) is 26.7. The van der Waals surface area contributed by atoms with Gasteiger partial charge in [0.2, 0.25) is 5.76 Å². The Morgan fingerprint density at radius 1 is 0.935 bits per heavy atom. The Kier molecular flexibility index (Phi) is 11.0. The third-order valence-corrected chi connectivity index (χ3v) is 8.10. The molecule has 0 unspecified atom stereocenters. The minimum absolute atomic E-state index is 0.0876. The average Bonchev–Trinajstić information content (AvgIpc) is 3.77. The quantitative estimate of drug-likeness (QED) is 0.175. The van der Waals surface area contributed by atoms with Gasteiger partial charge in [0.05, 0.1) is 37.6 Å². The molecule has 1 fully saturated rings. The van der Waals surface area contributed by atoms with Crippen molar-refractivity contribution in [3.8, 4) is 23.0 Å². The highest BCUT2D eigenvalue weighted by Gasteiger charge is 2.28. The Bertz CT molecular complexity index is 1620. The molecular weight excluding hydrogens is 614 g/mol. The molecule has 11 nitrogen and oxygen atoms in total. The SMILES string of the molecule is COC(=O)c1cc([C@@H]2CCN(CCNC(=O)c3ccc(OCc4ccc(OC)cc4)c(OCc4ccc(OC)cc4)c3Cl)C2)no1. The predicted molar refractivity (Wildman–Crippen MR) is 170 cm³/mol. The minimum Gasteiger partial charge on any atom is -0.497 e. The second kappa shape index (κ2) is 15.5. The Hall–Kier alpha value is -4.74. The van der Waals surface area contributed by atoms with Gasteiger partial charge in [0.1, 0.15) is 24.7 Å².